The summed E-state index contributed by atoms with van der Waals surface area (Å²) < 4.78 is 0. The van der Waals surface area contributed by atoms with Gasteiger partial charge in [0.25, 0.3) is 0 Å². The van der Waals surface area contributed by atoms with E-state index in [-0.39, 0.29) is 6.61 Å². The Labute approximate surface area is 43.7 Å². The van der Waals surface area contributed by atoms with E-state index in [1.165, 1.54) is 13.1 Å². The van der Waals surface area contributed by atoms with Crippen LogP contribution in [0.2, 0.25) is 0 Å². The van der Waals surface area contributed by atoms with Crippen molar-refractivity contribution in [2.45, 2.75) is 6.42 Å². The van der Waals surface area contributed by atoms with Crippen molar-refractivity contribution in [3.63, 3.8) is 0 Å². The molecule has 41 valence electrons. The molecule has 0 aromatic carbocycles. The van der Waals surface area contributed by atoms with E-state index in [1.807, 2.05) is 0 Å². The average Bonchev–Trinajstić information content (AvgIpc) is 2.42. The van der Waals surface area contributed by atoms with Gasteiger partial charge in [-0.05, 0) is 6.42 Å². The van der Waals surface area contributed by atoms with E-state index < -0.39 is 0 Å². The van der Waals surface area contributed by atoms with Crippen LogP contribution in [0.1, 0.15) is 6.42 Å². The average molecular weight is 100 g/mol. The normalized spacial score (nSPS) is 20.1. The van der Waals surface area contributed by atoms with Crippen molar-refractivity contribution in [2.24, 2.45) is 0 Å². The summed E-state index contributed by atoms with van der Waals surface area (Å²) in [5.41, 5.74) is 0. The highest BCUT2D eigenvalue weighted by Crippen LogP contribution is 2.02. The summed E-state index contributed by atoms with van der Waals surface area (Å²) in [5.74, 6) is 0. The topological polar surface area (TPSA) is 22.9 Å². The van der Waals surface area contributed by atoms with Gasteiger partial charge in [0.2, 0.25) is 0 Å². The van der Waals surface area contributed by atoms with Gasteiger partial charge in [-0.15, -0.1) is 0 Å². The second-order valence-corrected chi connectivity index (χ2v) is 1.90. The molecule has 0 N–H and O–H groups in total. The molecule has 2 heteroatoms. The van der Waals surface area contributed by atoms with E-state index in [0.717, 1.165) is 13.0 Å². The Morgan fingerprint density at radius 3 is 2.57 bits per heavy atom. The van der Waals surface area contributed by atoms with Crippen LogP contribution in [-0.2, 0) is 5.11 Å². The lowest BCUT2D eigenvalue weighted by atomic mass is 10.5. The fourth-order valence-corrected chi connectivity index (χ4v) is 0.582. The van der Waals surface area contributed by atoms with Crippen LogP contribution >= 0.6 is 0 Å². The lowest BCUT2D eigenvalue weighted by Crippen LogP contribution is -1.99. The summed E-state index contributed by atoms with van der Waals surface area (Å²) in [7, 11) is 0. The summed E-state index contributed by atoms with van der Waals surface area (Å²) in [6.45, 7) is 3.57. The molecule has 0 aromatic heterocycles. The van der Waals surface area contributed by atoms with Crippen LogP contribution in [-0.4, -0.2) is 31.1 Å². The van der Waals surface area contributed by atoms with Crippen LogP contribution in [0, 0.1) is 0 Å². The Hall–Kier alpha value is -0.0800. The Morgan fingerprint density at radius 2 is 2.14 bits per heavy atom. The maximum Gasteiger partial charge on any atom is 0.0834 e. The quantitative estimate of drug-likeness (QED) is 0.462. The first kappa shape index (κ1) is 5.06. The van der Waals surface area contributed by atoms with E-state index in [9.17, 15) is 5.11 Å². The molecule has 0 atom stereocenters. The standard InChI is InChI=1S/C5H10NO/c7-5-1-2-6-3-4-6/h1-5H2. The van der Waals surface area contributed by atoms with Crippen molar-refractivity contribution in [3.05, 3.63) is 0 Å². The van der Waals surface area contributed by atoms with Gasteiger partial charge in [0, 0.05) is 19.6 Å². The third-order valence-electron chi connectivity index (χ3n) is 1.16. The third-order valence-corrected chi connectivity index (χ3v) is 1.16. The largest absolute Gasteiger partial charge is 0.301 e. The molecule has 1 aliphatic heterocycles. The Bertz CT molecular complexity index is 52.0. The molecule has 0 spiro atoms. The SMILES string of the molecule is [O]CCCN1CC1. The maximum absolute atomic E-state index is 9.84. The molecule has 0 bridgehead atoms. The molecular formula is C5H10NO. The summed E-state index contributed by atoms with van der Waals surface area (Å²) in [6, 6.07) is 0. The summed E-state index contributed by atoms with van der Waals surface area (Å²) in [5, 5.41) is 9.84. The summed E-state index contributed by atoms with van der Waals surface area (Å²) in [4.78, 5) is 2.26. The van der Waals surface area contributed by atoms with Crippen molar-refractivity contribution in [1.82, 2.24) is 4.90 Å². The lowest BCUT2D eigenvalue weighted by molar-refractivity contribution is 0.184. The minimum atomic E-state index is 0.0938. The second kappa shape index (κ2) is 2.28. The van der Waals surface area contributed by atoms with Gasteiger partial charge in [0.1, 0.15) is 0 Å². The van der Waals surface area contributed by atoms with Crippen molar-refractivity contribution in [2.75, 3.05) is 26.2 Å². The summed E-state index contributed by atoms with van der Waals surface area (Å²) in [6.07, 6.45) is 0.833. The van der Waals surface area contributed by atoms with Gasteiger partial charge in [-0.25, -0.2) is 5.11 Å². The van der Waals surface area contributed by atoms with Crippen molar-refractivity contribution in [3.8, 4) is 0 Å². The van der Waals surface area contributed by atoms with Crippen LogP contribution in [0.3, 0.4) is 0 Å². The number of hydrogen-bond acceptors (Lipinski definition) is 1. The maximum atomic E-state index is 9.84. The van der Waals surface area contributed by atoms with Crippen LogP contribution in [0.4, 0.5) is 0 Å². The lowest BCUT2D eigenvalue weighted by Gasteiger charge is -1.91. The van der Waals surface area contributed by atoms with Crippen molar-refractivity contribution < 1.29 is 5.11 Å². The number of hydrogen-bond donors (Lipinski definition) is 0. The first-order valence-corrected chi connectivity index (χ1v) is 2.74. The van der Waals surface area contributed by atoms with Crippen LogP contribution in [0.25, 0.3) is 0 Å². The molecule has 0 amide bonds. The van der Waals surface area contributed by atoms with E-state index in [1.54, 1.807) is 0 Å². The van der Waals surface area contributed by atoms with Crippen LogP contribution in [0.5, 0.6) is 0 Å². The van der Waals surface area contributed by atoms with Crippen LogP contribution in [0.15, 0.2) is 0 Å². The van der Waals surface area contributed by atoms with Crippen molar-refractivity contribution >= 4 is 0 Å². The minimum absolute atomic E-state index is 0.0938. The first-order chi connectivity index (χ1) is 3.43. The van der Waals surface area contributed by atoms with Gasteiger partial charge in [0.15, 0.2) is 0 Å². The fraction of sp³-hybridized carbons (Fsp3) is 1.00. The smallest absolute Gasteiger partial charge is 0.0834 e. The zero-order valence-corrected chi connectivity index (χ0v) is 4.39. The highest BCUT2D eigenvalue weighted by Gasteiger charge is 2.14. The predicted octanol–water partition coefficient (Wildman–Crippen LogP) is 0.123. The van der Waals surface area contributed by atoms with Gasteiger partial charge in [-0.2, -0.15) is 0 Å². The molecule has 1 rings (SSSR count). The monoisotopic (exact) mass is 100 g/mol. The zero-order valence-electron chi connectivity index (χ0n) is 4.39. The van der Waals surface area contributed by atoms with Gasteiger partial charge >= 0.3 is 0 Å². The van der Waals surface area contributed by atoms with Crippen molar-refractivity contribution in [1.29, 1.82) is 0 Å². The minimum Gasteiger partial charge on any atom is -0.301 e. The highest BCUT2D eigenvalue weighted by atomic mass is 16.3. The molecule has 2 nitrogen and oxygen atoms in total. The fourth-order valence-electron chi connectivity index (χ4n) is 0.582. The van der Waals surface area contributed by atoms with Crippen LogP contribution < -0.4 is 0 Å². The molecule has 1 aliphatic rings. The molecular weight excluding hydrogens is 90.1 g/mol. The van der Waals surface area contributed by atoms with E-state index in [4.69, 9.17) is 0 Å². The van der Waals surface area contributed by atoms with E-state index in [0.29, 0.717) is 0 Å². The van der Waals surface area contributed by atoms with E-state index >= 15 is 0 Å². The molecule has 0 unspecified atom stereocenters. The molecule has 1 radical (unpaired) electrons. The Morgan fingerprint density at radius 1 is 1.43 bits per heavy atom. The Kier molecular flexibility index (Phi) is 1.65. The third kappa shape index (κ3) is 1.90. The van der Waals surface area contributed by atoms with Gasteiger partial charge in [-0.1, -0.05) is 0 Å². The Balaban J connectivity index is 1.80. The van der Waals surface area contributed by atoms with Gasteiger partial charge in [-0.3, -0.25) is 0 Å². The number of nitrogens with zero attached hydrogens (tertiary/aromatic N) is 1. The first-order valence-electron chi connectivity index (χ1n) is 2.74. The van der Waals surface area contributed by atoms with E-state index in [2.05, 4.69) is 4.90 Å². The molecule has 0 aliphatic carbocycles. The molecule has 1 fully saturated rings. The van der Waals surface area contributed by atoms with Gasteiger partial charge < -0.3 is 4.90 Å². The molecule has 1 saturated heterocycles. The van der Waals surface area contributed by atoms with Gasteiger partial charge in [0.05, 0.1) is 6.61 Å². The molecule has 0 aromatic rings. The molecule has 0 saturated carbocycles. The zero-order chi connectivity index (χ0) is 5.11. The molecule has 7 heavy (non-hydrogen) atoms. The molecule has 1 heterocycles. The number of rotatable bonds is 3. The highest BCUT2D eigenvalue weighted by molar-refractivity contribution is 4.70. The summed E-state index contributed by atoms with van der Waals surface area (Å²) >= 11 is 0. The predicted molar refractivity (Wildman–Crippen MR) is 26.6 cm³/mol. The second-order valence-electron chi connectivity index (χ2n) is 1.90.